The smallest absolute Gasteiger partial charge is 0.254 e. The number of aromatic nitrogens is 5. The first-order valence-corrected chi connectivity index (χ1v) is 10.1. The summed E-state index contributed by atoms with van der Waals surface area (Å²) in [5.74, 6) is -0.0104. The van der Waals surface area contributed by atoms with Gasteiger partial charge in [-0.15, -0.1) is 5.10 Å². The first kappa shape index (κ1) is 20.1. The van der Waals surface area contributed by atoms with E-state index in [1.54, 1.807) is 17.1 Å². The number of pyridine rings is 1. The highest BCUT2D eigenvalue weighted by Crippen LogP contribution is 2.14. The molecule has 9 heteroatoms. The van der Waals surface area contributed by atoms with Gasteiger partial charge in [-0.2, -0.15) is 0 Å². The van der Waals surface area contributed by atoms with Crippen molar-refractivity contribution in [3.8, 4) is 5.69 Å². The van der Waals surface area contributed by atoms with E-state index in [0.29, 0.717) is 18.7 Å². The normalized spacial score (nSPS) is 14.5. The molecule has 1 fully saturated rings. The molecule has 1 aromatic carbocycles. The SMILES string of the molecule is O=C(c1cccc(-n2cnnn2)c1)N(CCCN1CCOCC1)Cc1ccncc1. The van der Waals surface area contributed by atoms with E-state index >= 15 is 0 Å². The van der Waals surface area contributed by atoms with Crippen molar-refractivity contribution in [1.29, 1.82) is 0 Å². The predicted octanol–water partition coefficient (Wildman–Crippen LogP) is 1.42. The van der Waals surface area contributed by atoms with E-state index in [1.807, 2.05) is 41.3 Å². The zero-order valence-electron chi connectivity index (χ0n) is 16.8. The Balaban J connectivity index is 1.47. The third-order valence-corrected chi connectivity index (χ3v) is 5.12. The minimum Gasteiger partial charge on any atom is -0.379 e. The quantitative estimate of drug-likeness (QED) is 0.558. The molecule has 0 radical (unpaired) electrons. The fraction of sp³-hybridized carbons (Fsp3) is 0.381. The lowest BCUT2D eigenvalue weighted by Crippen LogP contribution is -2.39. The number of hydrogen-bond acceptors (Lipinski definition) is 7. The molecular weight excluding hydrogens is 382 g/mol. The van der Waals surface area contributed by atoms with Crippen LogP contribution in [0.4, 0.5) is 0 Å². The average molecular weight is 407 g/mol. The molecule has 0 aliphatic carbocycles. The van der Waals surface area contributed by atoms with Crippen LogP contribution in [0.2, 0.25) is 0 Å². The van der Waals surface area contributed by atoms with Crippen molar-refractivity contribution in [3.63, 3.8) is 0 Å². The van der Waals surface area contributed by atoms with E-state index in [2.05, 4.69) is 25.4 Å². The second-order valence-corrected chi connectivity index (χ2v) is 7.19. The van der Waals surface area contributed by atoms with Gasteiger partial charge < -0.3 is 9.64 Å². The Hall–Kier alpha value is -3.17. The topological polar surface area (TPSA) is 89.3 Å². The molecule has 1 saturated heterocycles. The number of tetrazole rings is 1. The zero-order valence-corrected chi connectivity index (χ0v) is 16.8. The second-order valence-electron chi connectivity index (χ2n) is 7.19. The Morgan fingerprint density at radius 1 is 1.13 bits per heavy atom. The minimum absolute atomic E-state index is 0.0104. The molecule has 156 valence electrons. The number of ether oxygens (including phenoxy) is 1. The van der Waals surface area contributed by atoms with E-state index in [-0.39, 0.29) is 5.91 Å². The summed E-state index contributed by atoms with van der Waals surface area (Å²) in [7, 11) is 0. The summed E-state index contributed by atoms with van der Waals surface area (Å²) in [6, 6.07) is 11.3. The number of hydrogen-bond donors (Lipinski definition) is 0. The van der Waals surface area contributed by atoms with Crippen LogP contribution in [0.15, 0.2) is 55.1 Å². The van der Waals surface area contributed by atoms with Crippen LogP contribution < -0.4 is 0 Å². The van der Waals surface area contributed by atoms with Crippen molar-refractivity contribution in [2.24, 2.45) is 0 Å². The number of rotatable bonds is 8. The maximum Gasteiger partial charge on any atom is 0.254 e. The Bertz CT molecular complexity index is 928. The van der Waals surface area contributed by atoms with Crippen LogP contribution in [0.25, 0.3) is 5.69 Å². The average Bonchev–Trinajstić information content (AvgIpc) is 3.35. The van der Waals surface area contributed by atoms with Crippen LogP contribution in [0.5, 0.6) is 0 Å². The first-order chi connectivity index (χ1) is 14.8. The molecular formula is C21H25N7O2. The number of carbonyl (C=O) groups is 1. The molecule has 4 rings (SSSR count). The van der Waals surface area contributed by atoms with Gasteiger partial charge in [0.1, 0.15) is 6.33 Å². The summed E-state index contributed by atoms with van der Waals surface area (Å²) < 4.78 is 6.96. The van der Waals surface area contributed by atoms with Crippen LogP contribution in [0.3, 0.4) is 0 Å². The van der Waals surface area contributed by atoms with Gasteiger partial charge in [0.2, 0.25) is 0 Å². The van der Waals surface area contributed by atoms with Gasteiger partial charge in [0, 0.05) is 50.7 Å². The number of morpholine rings is 1. The molecule has 0 N–H and O–H groups in total. The van der Waals surface area contributed by atoms with Crippen molar-refractivity contribution < 1.29 is 9.53 Å². The van der Waals surface area contributed by atoms with E-state index in [4.69, 9.17) is 4.74 Å². The van der Waals surface area contributed by atoms with Gasteiger partial charge in [0.15, 0.2) is 0 Å². The van der Waals surface area contributed by atoms with Gasteiger partial charge in [-0.1, -0.05) is 6.07 Å². The summed E-state index contributed by atoms with van der Waals surface area (Å²) in [6.45, 7) is 5.63. The van der Waals surface area contributed by atoms with Crippen molar-refractivity contribution in [2.75, 3.05) is 39.4 Å². The molecule has 2 aromatic heterocycles. The summed E-state index contributed by atoms with van der Waals surface area (Å²) in [6.07, 6.45) is 5.93. The van der Waals surface area contributed by atoms with Gasteiger partial charge >= 0.3 is 0 Å². The van der Waals surface area contributed by atoms with Crippen LogP contribution in [-0.4, -0.2) is 80.3 Å². The highest BCUT2D eigenvalue weighted by Gasteiger charge is 2.18. The standard InChI is InChI=1S/C21H25N7O2/c29-21(19-3-1-4-20(15-19)28-17-23-24-25-28)27(16-18-5-7-22-8-6-18)10-2-9-26-11-13-30-14-12-26/h1,3-8,15,17H,2,9-14,16H2. The molecule has 3 aromatic rings. The van der Waals surface area contributed by atoms with Crippen LogP contribution in [-0.2, 0) is 11.3 Å². The number of amides is 1. The molecule has 0 unspecified atom stereocenters. The largest absolute Gasteiger partial charge is 0.379 e. The van der Waals surface area contributed by atoms with Crippen LogP contribution in [0, 0.1) is 0 Å². The number of nitrogens with zero attached hydrogens (tertiary/aromatic N) is 7. The van der Waals surface area contributed by atoms with Crippen molar-refractivity contribution in [3.05, 3.63) is 66.2 Å². The fourth-order valence-electron chi connectivity index (χ4n) is 3.51. The molecule has 1 amide bonds. The van der Waals surface area contributed by atoms with Gasteiger partial charge in [0.25, 0.3) is 5.91 Å². The third-order valence-electron chi connectivity index (χ3n) is 5.12. The van der Waals surface area contributed by atoms with E-state index < -0.39 is 0 Å². The maximum absolute atomic E-state index is 13.4. The molecule has 1 aliphatic rings. The van der Waals surface area contributed by atoms with Crippen LogP contribution in [0.1, 0.15) is 22.3 Å². The molecule has 0 spiro atoms. The number of benzene rings is 1. The third kappa shape index (κ3) is 5.25. The molecule has 0 saturated carbocycles. The molecule has 9 nitrogen and oxygen atoms in total. The molecule has 0 bridgehead atoms. The van der Waals surface area contributed by atoms with E-state index in [0.717, 1.165) is 50.5 Å². The van der Waals surface area contributed by atoms with Gasteiger partial charge in [-0.05, 0) is 52.7 Å². The Labute approximate surface area is 175 Å². The maximum atomic E-state index is 13.4. The molecule has 1 aliphatic heterocycles. The minimum atomic E-state index is -0.0104. The Morgan fingerprint density at radius 3 is 2.73 bits per heavy atom. The predicted molar refractivity (Wildman–Crippen MR) is 110 cm³/mol. The highest BCUT2D eigenvalue weighted by atomic mass is 16.5. The fourth-order valence-corrected chi connectivity index (χ4v) is 3.51. The van der Waals surface area contributed by atoms with Gasteiger partial charge in [-0.3, -0.25) is 14.7 Å². The lowest BCUT2D eigenvalue weighted by molar-refractivity contribution is 0.0355. The summed E-state index contributed by atoms with van der Waals surface area (Å²) in [5.41, 5.74) is 2.42. The zero-order chi connectivity index (χ0) is 20.6. The van der Waals surface area contributed by atoms with Crippen molar-refractivity contribution >= 4 is 5.91 Å². The van der Waals surface area contributed by atoms with Gasteiger partial charge in [0.05, 0.1) is 18.9 Å². The summed E-state index contributed by atoms with van der Waals surface area (Å²) in [5, 5.41) is 11.2. The van der Waals surface area contributed by atoms with E-state index in [1.165, 1.54) is 6.33 Å². The second kappa shape index (κ2) is 10.0. The van der Waals surface area contributed by atoms with Crippen molar-refractivity contribution in [1.82, 2.24) is 35.0 Å². The summed E-state index contributed by atoms with van der Waals surface area (Å²) >= 11 is 0. The van der Waals surface area contributed by atoms with Gasteiger partial charge in [-0.25, -0.2) is 4.68 Å². The lowest BCUT2D eigenvalue weighted by Gasteiger charge is -2.28. The monoisotopic (exact) mass is 407 g/mol. The molecule has 30 heavy (non-hydrogen) atoms. The van der Waals surface area contributed by atoms with Crippen molar-refractivity contribution in [2.45, 2.75) is 13.0 Å². The number of carbonyl (C=O) groups excluding carboxylic acids is 1. The Kier molecular flexibility index (Phi) is 6.73. The first-order valence-electron chi connectivity index (χ1n) is 10.1. The Morgan fingerprint density at radius 2 is 1.97 bits per heavy atom. The van der Waals surface area contributed by atoms with E-state index in [9.17, 15) is 4.79 Å². The highest BCUT2D eigenvalue weighted by molar-refractivity contribution is 5.94. The molecule has 3 heterocycles. The van der Waals surface area contributed by atoms with Crippen LogP contribution >= 0.6 is 0 Å². The summed E-state index contributed by atoms with van der Waals surface area (Å²) in [4.78, 5) is 21.7. The molecule has 0 atom stereocenters. The lowest BCUT2D eigenvalue weighted by atomic mass is 10.1.